The van der Waals surface area contributed by atoms with Gasteiger partial charge in [0.05, 0.1) is 25.8 Å². The molecule has 1 aliphatic heterocycles. The fourth-order valence-electron chi connectivity index (χ4n) is 3.30. The molecule has 1 saturated heterocycles. The monoisotopic (exact) mass is 437 g/mol. The Hall–Kier alpha value is -1.57. The van der Waals surface area contributed by atoms with E-state index in [1.165, 1.54) is 0 Å². The van der Waals surface area contributed by atoms with Crippen LogP contribution in [-0.2, 0) is 15.6 Å². The van der Waals surface area contributed by atoms with Gasteiger partial charge in [0.25, 0.3) is 0 Å². The maximum atomic E-state index is 12.9. The first-order valence-electron chi connectivity index (χ1n) is 10.6. The van der Waals surface area contributed by atoms with Gasteiger partial charge in [-0.1, -0.05) is 32.9 Å². The highest BCUT2D eigenvalue weighted by Gasteiger charge is 2.49. The Balaban J connectivity index is 2.27. The zero-order chi connectivity index (χ0) is 22.9. The normalized spacial score (nSPS) is 22.9. The van der Waals surface area contributed by atoms with Gasteiger partial charge in [0.1, 0.15) is 17.5 Å². The van der Waals surface area contributed by atoms with Crippen LogP contribution in [0.4, 0.5) is 4.79 Å². The topological polar surface area (TPSA) is 68.2 Å². The molecule has 0 saturated carbocycles. The summed E-state index contributed by atoms with van der Waals surface area (Å²) in [7, 11) is -0.485. The molecule has 0 bridgehead atoms. The van der Waals surface area contributed by atoms with Crippen LogP contribution in [0.2, 0.25) is 18.1 Å². The van der Waals surface area contributed by atoms with E-state index in [2.05, 4.69) is 33.9 Å². The standard InChI is InChI=1S/C23H39NO5Si/c1-22(2,3)28-21(26)24-15-19(29-30(8,9)23(4,5)6)20(25)18(24)14-16-10-12-17(27-7)13-11-16/h10-13,18-20,25H,14-15H2,1-9H3/t18-,19+,20+/m1/s1. The molecule has 7 heteroatoms. The van der Waals surface area contributed by atoms with Crippen LogP contribution in [0.1, 0.15) is 47.1 Å². The third kappa shape index (κ3) is 5.99. The van der Waals surface area contributed by atoms with Gasteiger partial charge in [0, 0.05) is 0 Å². The predicted octanol–water partition coefficient (Wildman–Crippen LogP) is 4.61. The molecule has 30 heavy (non-hydrogen) atoms. The quantitative estimate of drug-likeness (QED) is 0.682. The average molecular weight is 438 g/mol. The summed E-state index contributed by atoms with van der Waals surface area (Å²) in [6.07, 6.45) is -1.11. The van der Waals surface area contributed by atoms with Crippen LogP contribution in [0.25, 0.3) is 0 Å². The molecule has 1 fully saturated rings. The number of hydrogen-bond acceptors (Lipinski definition) is 5. The van der Waals surface area contributed by atoms with E-state index in [0.29, 0.717) is 13.0 Å². The molecule has 1 aliphatic rings. The largest absolute Gasteiger partial charge is 0.497 e. The first-order chi connectivity index (χ1) is 13.6. The lowest BCUT2D eigenvalue weighted by molar-refractivity contribution is 0.0143. The summed E-state index contributed by atoms with van der Waals surface area (Å²) in [5, 5.41) is 11.2. The summed E-state index contributed by atoms with van der Waals surface area (Å²) in [6.45, 7) is 16.7. The average Bonchev–Trinajstić information content (AvgIpc) is 2.89. The van der Waals surface area contributed by atoms with Crippen LogP contribution in [0.15, 0.2) is 24.3 Å². The first kappa shape index (κ1) is 24.7. The number of aliphatic hydroxyl groups excluding tert-OH is 1. The third-order valence-electron chi connectivity index (χ3n) is 6.04. The molecule has 0 spiro atoms. The first-order valence-corrected chi connectivity index (χ1v) is 13.5. The molecule has 0 aliphatic carbocycles. The summed E-state index contributed by atoms with van der Waals surface area (Å²) < 4.78 is 17.4. The van der Waals surface area contributed by atoms with Gasteiger partial charge in [-0.2, -0.15) is 0 Å². The summed E-state index contributed by atoms with van der Waals surface area (Å²) in [4.78, 5) is 14.6. The van der Waals surface area contributed by atoms with Crippen molar-refractivity contribution in [1.29, 1.82) is 0 Å². The Morgan fingerprint density at radius 2 is 1.70 bits per heavy atom. The van der Waals surface area contributed by atoms with Gasteiger partial charge in [-0.15, -0.1) is 0 Å². The predicted molar refractivity (Wildman–Crippen MR) is 122 cm³/mol. The summed E-state index contributed by atoms with van der Waals surface area (Å²) in [5.74, 6) is 0.772. The number of carbonyl (C=O) groups is 1. The van der Waals surface area contributed by atoms with Gasteiger partial charge in [-0.05, 0) is 63.0 Å². The number of aliphatic hydroxyl groups is 1. The fourth-order valence-corrected chi connectivity index (χ4v) is 4.62. The van der Waals surface area contributed by atoms with Crippen LogP contribution in [0, 0.1) is 0 Å². The van der Waals surface area contributed by atoms with Crippen molar-refractivity contribution in [1.82, 2.24) is 4.90 Å². The molecule has 6 nitrogen and oxygen atoms in total. The smallest absolute Gasteiger partial charge is 0.410 e. The number of nitrogens with zero attached hydrogens (tertiary/aromatic N) is 1. The number of methoxy groups -OCH3 is 1. The van der Waals surface area contributed by atoms with E-state index in [9.17, 15) is 9.90 Å². The van der Waals surface area contributed by atoms with Crippen molar-refractivity contribution in [2.24, 2.45) is 0 Å². The van der Waals surface area contributed by atoms with Crippen molar-refractivity contribution in [2.75, 3.05) is 13.7 Å². The van der Waals surface area contributed by atoms with Crippen molar-refractivity contribution < 1.29 is 23.8 Å². The Kier molecular flexibility index (Phi) is 7.31. The number of likely N-dealkylation sites (tertiary alicyclic amines) is 1. The lowest BCUT2D eigenvalue weighted by Gasteiger charge is -2.39. The van der Waals surface area contributed by atoms with Crippen molar-refractivity contribution in [3.63, 3.8) is 0 Å². The van der Waals surface area contributed by atoms with Crippen molar-refractivity contribution >= 4 is 14.4 Å². The minimum Gasteiger partial charge on any atom is -0.497 e. The molecule has 1 aromatic carbocycles. The highest BCUT2D eigenvalue weighted by molar-refractivity contribution is 6.74. The number of benzene rings is 1. The van der Waals surface area contributed by atoms with Gasteiger partial charge in [0.15, 0.2) is 8.32 Å². The van der Waals surface area contributed by atoms with E-state index in [4.69, 9.17) is 13.9 Å². The van der Waals surface area contributed by atoms with E-state index in [1.807, 2.05) is 45.0 Å². The number of ether oxygens (including phenoxy) is 2. The Labute approximate surface area is 182 Å². The van der Waals surface area contributed by atoms with Crippen LogP contribution in [0.3, 0.4) is 0 Å². The second-order valence-corrected chi connectivity index (χ2v) is 15.4. The van der Waals surface area contributed by atoms with Gasteiger partial charge in [-0.3, -0.25) is 4.90 Å². The molecule has 0 unspecified atom stereocenters. The number of rotatable bonds is 5. The minimum atomic E-state index is -2.11. The lowest BCUT2D eigenvalue weighted by atomic mass is 10.0. The molecular formula is C23H39NO5Si. The molecule has 1 heterocycles. The maximum Gasteiger partial charge on any atom is 0.410 e. The second kappa shape index (κ2) is 8.89. The molecule has 170 valence electrons. The SMILES string of the molecule is COc1ccc(C[C@@H]2[C@H](O)[C@@H](O[Si](C)(C)C(C)(C)C)CN2C(=O)OC(C)(C)C)cc1. The third-order valence-corrected chi connectivity index (χ3v) is 10.5. The van der Waals surface area contributed by atoms with E-state index in [-0.39, 0.29) is 5.04 Å². The van der Waals surface area contributed by atoms with Gasteiger partial charge >= 0.3 is 6.09 Å². The van der Waals surface area contributed by atoms with Crippen molar-refractivity contribution in [2.45, 2.75) is 89.9 Å². The number of hydrogen-bond donors (Lipinski definition) is 1. The number of amides is 1. The summed E-state index contributed by atoms with van der Waals surface area (Å²) in [5.41, 5.74) is 0.409. The molecule has 1 N–H and O–H groups in total. The van der Waals surface area contributed by atoms with Crippen LogP contribution in [0.5, 0.6) is 5.75 Å². The van der Waals surface area contributed by atoms with Crippen LogP contribution < -0.4 is 4.74 Å². The molecule has 1 amide bonds. The van der Waals surface area contributed by atoms with E-state index in [1.54, 1.807) is 12.0 Å². The van der Waals surface area contributed by atoms with E-state index in [0.717, 1.165) is 11.3 Å². The Morgan fingerprint density at radius 1 is 1.13 bits per heavy atom. The van der Waals surface area contributed by atoms with E-state index < -0.39 is 38.3 Å². The van der Waals surface area contributed by atoms with E-state index >= 15 is 0 Å². The zero-order valence-electron chi connectivity index (χ0n) is 20.0. The number of carbonyl (C=O) groups excluding carboxylic acids is 1. The molecule has 2 rings (SSSR count). The highest BCUT2D eigenvalue weighted by atomic mass is 28.4. The highest BCUT2D eigenvalue weighted by Crippen LogP contribution is 2.39. The van der Waals surface area contributed by atoms with Gasteiger partial charge in [-0.25, -0.2) is 4.79 Å². The maximum absolute atomic E-state index is 12.9. The van der Waals surface area contributed by atoms with Crippen molar-refractivity contribution in [3.05, 3.63) is 29.8 Å². The second-order valence-electron chi connectivity index (χ2n) is 10.7. The summed E-state index contributed by atoms with van der Waals surface area (Å²) >= 11 is 0. The molecule has 0 aromatic heterocycles. The molecule has 0 radical (unpaired) electrons. The van der Waals surface area contributed by atoms with Gasteiger partial charge < -0.3 is 19.0 Å². The fraction of sp³-hybridized carbons (Fsp3) is 0.696. The minimum absolute atomic E-state index is 0.0114. The van der Waals surface area contributed by atoms with Crippen LogP contribution in [-0.4, -0.2) is 61.9 Å². The Morgan fingerprint density at radius 3 is 2.17 bits per heavy atom. The zero-order valence-corrected chi connectivity index (χ0v) is 21.0. The molecule has 3 atom stereocenters. The molecular weight excluding hydrogens is 398 g/mol. The molecule has 1 aromatic rings. The van der Waals surface area contributed by atoms with Crippen molar-refractivity contribution in [3.8, 4) is 5.75 Å². The van der Waals surface area contributed by atoms with Crippen LogP contribution >= 0.6 is 0 Å². The lowest BCUT2D eigenvalue weighted by Crippen LogP contribution is -2.47. The Bertz CT molecular complexity index is 721. The summed E-state index contributed by atoms with van der Waals surface area (Å²) in [6, 6.07) is 7.28. The van der Waals surface area contributed by atoms with Gasteiger partial charge in [0.2, 0.25) is 0 Å².